The number of nitrogens with one attached hydrogen (secondary N) is 8. The maximum absolute atomic E-state index is 13.3. The second kappa shape index (κ2) is 17.9. The number of amides is 6. The largest absolute Gasteiger partial charge is 0.388 e. The Balaban J connectivity index is 1.13. The number of likely N-dealkylation sites (N-methyl/N-ethyl adjacent to an activating group) is 1. The fraction of sp³-hybridized carbons (Fsp3) is 0.263. The van der Waals surface area contributed by atoms with Crippen molar-refractivity contribution >= 4 is 70.2 Å². The summed E-state index contributed by atoms with van der Waals surface area (Å²) in [6, 6.07) is 9.15. The standard InChI is InChI=1S/C38H44N14O6/c1-49-19-25(15-27(49)37(57)47-31-13-23(17-51(31)3)33(53)43-10-8-29(39)40)45-35(55)21-6-5-7-22(12-21)36(56)46-26-16-28(50(2)20-26)38(58)48-32-14-24(18-52(32)4)34(54)44-11-9-30(41)42/h5-7,12-15,17-18,20H,8-11,16,19H2,1-4H3,(H10-,39,40,41,42,43,44,46,47,48,53,54,56,57,58)/p+2. The minimum atomic E-state index is -0.497. The third kappa shape index (κ3) is 10.4. The number of hydrogen-bond donors (Lipinski definition) is 10. The Morgan fingerprint density at radius 1 is 0.672 bits per heavy atom. The van der Waals surface area contributed by atoms with E-state index in [1.54, 1.807) is 89.3 Å². The van der Waals surface area contributed by atoms with E-state index >= 15 is 0 Å². The first-order valence-electron chi connectivity index (χ1n) is 18.0. The Hall–Kier alpha value is -7.64. The number of anilines is 2. The molecular weight excluding hydrogens is 749 g/mol. The van der Waals surface area contributed by atoms with E-state index in [1.165, 1.54) is 18.2 Å². The van der Waals surface area contributed by atoms with Crippen molar-refractivity contribution < 1.29 is 37.9 Å². The lowest BCUT2D eigenvalue weighted by Crippen LogP contribution is -2.29. The van der Waals surface area contributed by atoms with E-state index in [2.05, 4.69) is 31.9 Å². The predicted octanol–water partition coefficient (Wildman–Crippen LogP) is -0.478. The number of nitrogens with two attached hydrogens (primary N) is 2. The van der Waals surface area contributed by atoms with Crippen molar-refractivity contribution in [3.8, 4) is 0 Å². The smallest absolute Gasteiger partial charge is 0.321 e. The van der Waals surface area contributed by atoms with Crippen LogP contribution in [0.5, 0.6) is 0 Å². The van der Waals surface area contributed by atoms with Crippen molar-refractivity contribution in [2.24, 2.45) is 25.6 Å². The number of amidine groups is 2. The van der Waals surface area contributed by atoms with Gasteiger partial charge >= 0.3 is 11.8 Å². The maximum atomic E-state index is 13.3. The summed E-state index contributed by atoms with van der Waals surface area (Å²) in [7, 11) is 6.71. The van der Waals surface area contributed by atoms with Gasteiger partial charge in [-0.05, 0) is 30.3 Å². The normalized spacial score (nSPS) is 13.4. The molecule has 20 heteroatoms. The first-order chi connectivity index (χ1) is 27.5. The molecule has 0 fully saturated rings. The zero-order valence-electron chi connectivity index (χ0n) is 32.4. The van der Waals surface area contributed by atoms with Crippen molar-refractivity contribution in [3.63, 3.8) is 0 Å². The maximum Gasteiger partial charge on any atom is 0.321 e. The van der Waals surface area contributed by atoms with Crippen LogP contribution >= 0.6 is 0 Å². The molecule has 2 aliphatic rings. The van der Waals surface area contributed by atoms with Crippen molar-refractivity contribution in [1.29, 1.82) is 10.8 Å². The molecule has 0 radical (unpaired) electrons. The second-order valence-electron chi connectivity index (χ2n) is 13.7. The SMILES string of the molecule is Cn1cc(C(=O)NCCC(=N)N)cc1NC(=O)C1=[N+](C)C=C(NC(=O)c2cccc(C(=O)NC3=CC(C(=O)Nc4cc(C(=O)NCCC(=N)N)cn4C)=[N+](C)C3)c2)C1. The molecule has 0 aliphatic carbocycles. The van der Waals surface area contributed by atoms with Gasteiger partial charge in [-0.1, -0.05) is 6.07 Å². The van der Waals surface area contributed by atoms with Crippen LogP contribution in [0, 0.1) is 10.8 Å². The zero-order chi connectivity index (χ0) is 42.3. The molecule has 302 valence electrons. The highest BCUT2D eigenvalue weighted by molar-refractivity contribution is 6.45. The lowest BCUT2D eigenvalue weighted by atomic mass is 10.1. The first kappa shape index (κ1) is 41.5. The third-order valence-corrected chi connectivity index (χ3v) is 9.07. The number of hydrogen-bond acceptors (Lipinski definition) is 8. The van der Waals surface area contributed by atoms with Crippen LogP contribution in [-0.4, -0.2) is 111 Å². The molecule has 0 saturated carbocycles. The highest BCUT2D eigenvalue weighted by Gasteiger charge is 2.31. The van der Waals surface area contributed by atoms with Crippen molar-refractivity contribution in [1.82, 2.24) is 30.4 Å². The van der Waals surface area contributed by atoms with Crippen LogP contribution in [0.15, 0.2) is 72.5 Å². The molecule has 0 unspecified atom stereocenters. The molecule has 0 atom stereocenters. The van der Waals surface area contributed by atoms with Gasteiger partial charge in [0.25, 0.3) is 35.1 Å². The van der Waals surface area contributed by atoms with Crippen molar-refractivity contribution in [2.45, 2.75) is 19.3 Å². The molecular formula is C38H46N14O6+2. The van der Waals surface area contributed by atoms with Gasteiger partial charge in [-0.15, -0.1) is 0 Å². The molecule has 5 rings (SSSR count). The topological polar surface area (TPSA) is 290 Å². The number of aryl methyl sites for hydroxylation is 2. The van der Waals surface area contributed by atoms with Gasteiger partial charge in [-0.25, -0.2) is 4.58 Å². The Morgan fingerprint density at radius 2 is 1.17 bits per heavy atom. The summed E-state index contributed by atoms with van der Waals surface area (Å²) in [4.78, 5) is 78.0. The average molecular weight is 795 g/mol. The van der Waals surface area contributed by atoms with Gasteiger partial charge in [-0.3, -0.25) is 39.6 Å². The van der Waals surface area contributed by atoms with Gasteiger partial charge in [0.2, 0.25) is 0 Å². The molecule has 2 aromatic heterocycles. The summed E-state index contributed by atoms with van der Waals surface area (Å²) in [5.41, 5.74) is 13.2. The molecule has 4 heterocycles. The van der Waals surface area contributed by atoms with Gasteiger partial charge in [0.15, 0.2) is 12.7 Å². The molecule has 1 aromatic carbocycles. The molecule has 0 saturated heterocycles. The molecule has 0 bridgehead atoms. The summed E-state index contributed by atoms with van der Waals surface area (Å²) in [5.74, 6) is -1.98. The number of benzene rings is 1. The Morgan fingerprint density at radius 3 is 1.69 bits per heavy atom. The van der Waals surface area contributed by atoms with Gasteiger partial charge in [-0.2, -0.15) is 4.58 Å². The van der Waals surface area contributed by atoms with Crippen LogP contribution in [0.3, 0.4) is 0 Å². The summed E-state index contributed by atoms with van der Waals surface area (Å²) in [5, 5.41) is 31.1. The van der Waals surface area contributed by atoms with Crippen LogP contribution in [0.4, 0.5) is 11.6 Å². The Labute approximate surface area is 332 Å². The summed E-state index contributed by atoms with van der Waals surface area (Å²) >= 11 is 0. The summed E-state index contributed by atoms with van der Waals surface area (Å²) < 4.78 is 6.42. The van der Waals surface area contributed by atoms with Crippen molar-refractivity contribution in [3.05, 3.63) is 94.7 Å². The van der Waals surface area contributed by atoms with Gasteiger partial charge in [0.05, 0.1) is 40.6 Å². The number of aromatic nitrogens is 2. The summed E-state index contributed by atoms with van der Waals surface area (Å²) in [6.45, 7) is 0.636. The van der Waals surface area contributed by atoms with E-state index in [9.17, 15) is 28.8 Å². The van der Waals surface area contributed by atoms with Gasteiger partial charge < -0.3 is 52.5 Å². The van der Waals surface area contributed by atoms with E-state index in [1.807, 2.05) is 0 Å². The van der Waals surface area contributed by atoms with Crippen LogP contribution in [0.25, 0.3) is 0 Å². The Kier molecular flexibility index (Phi) is 12.8. The number of carbonyl (C=O) groups is 6. The highest BCUT2D eigenvalue weighted by atomic mass is 16.2. The quantitative estimate of drug-likeness (QED) is 0.0512. The van der Waals surface area contributed by atoms with Crippen LogP contribution in [0.1, 0.15) is 60.7 Å². The van der Waals surface area contributed by atoms with Gasteiger partial charge in [0, 0.05) is 69.6 Å². The van der Waals surface area contributed by atoms with Gasteiger partial charge in [0.1, 0.15) is 25.7 Å². The van der Waals surface area contributed by atoms with Crippen molar-refractivity contribution in [2.75, 3.05) is 44.4 Å². The van der Waals surface area contributed by atoms with E-state index in [0.29, 0.717) is 39.9 Å². The van der Waals surface area contributed by atoms with Crippen LogP contribution < -0.4 is 43.4 Å². The monoisotopic (exact) mass is 794 g/mol. The van der Waals surface area contributed by atoms with Crippen LogP contribution in [0.2, 0.25) is 0 Å². The minimum Gasteiger partial charge on any atom is -0.388 e. The fourth-order valence-corrected chi connectivity index (χ4v) is 6.01. The minimum absolute atomic E-state index is 0.0418. The molecule has 2 aliphatic heterocycles. The Bertz CT molecular complexity index is 2380. The van der Waals surface area contributed by atoms with E-state index in [-0.39, 0.29) is 79.2 Å². The second-order valence-corrected chi connectivity index (χ2v) is 13.7. The molecule has 58 heavy (non-hydrogen) atoms. The molecule has 12 N–H and O–H groups in total. The number of carbonyl (C=O) groups excluding carboxylic acids is 6. The zero-order valence-corrected chi connectivity index (χ0v) is 32.4. The highest BCUT2D eigenvalue weighted by Crippen LogP contribution is 2.17. The van der Waals surface area contributed by atoms with E-state index in [0.717, 1.165) is 0 Å². The molecule has 20 nitrogen and oxygen atoms in total. The predicted molar refractivity (Wildman–Crippen MR) is 215 cm³/mol. The number of allylic oxidation sites excluding steroid dienone is 1. The lowest BCUT2D eigenvalue weighted by molar-refractivity contribution is -0.483. The van der Waals surface area contributed by atoms with E-state index < -0.39 is 23.6 Å². The molecule has 0 spiro atoms. The third-order valence-electron chi connectivity index (χ3n) is 9.07. The number of rotatable bonds is 16. The fourth-order valence-electron chi connectivity index (χ4n) is 6.01. The first-order valence-corrected chi connectivity index (χ1v) is 18.0. The van der Waals surface area contributed by atoms with Crippen LogP contribution in [-0.2, 0) is 23.7 Å². The molecule has 6 amide bonds. The molecule has 3 aromatic rings. The lowest BCUT2D eigenvalue weighted by Gasteiger charge is -2.08. The summed E-state index contributed by atoms with van der Waals surface area (Å²) in [6.07, 6.45) is 6.82. The number of nitrogens with zero attached hydrogens (tertiary/aromatic N) is 4. The average Bonchev–Trinajstić information content (AvgIpc) is 3.93. The van der Waals surface area contributed by atoms with E-state index in [4.69, 9.17) is 22.3 Å².